The lowest BCUT2D eigenvalue weighted by atomic mass is 9.64. The van der Waals surface area contributed by atoms with Crippen molar-refractivity contribution in [3.63, 3.8) is 0 Å². The molecule has 2 aromatic carbocycles. The van der Waals surface area contributed by atoms with E-state index in [0.29, 0.717) is 11.5 Å². The van der Waals surface area contributed by atoms with E-state index < -0.39 is 29.8 Å². The summed E-state index contributed by atoms with van der Waals surface area (Å²) < 4.78 is 72.4. The van der Waals surface area contributed by atoms with Crippen LogP contribution in [0.4, 0.5) is 22.0 Å². The number of hydrogen-bond acceptors (Lipinski definition) is 1. The fourth-order valence-corrected chi connectivity index (χ4v) is 5.38. The number of alkyl halides is 2. The maximum Gasteiger partial charge on any atom is 0.387 e. The SMILES string of the molecule is CC1CC[C@@H]2C[C@H](c3cc(F)c(-c4ccc(OC(F)F)c(F)c4)c(F)c3)CC[C@@H]2C1. The smallest absolute Gasteiger partial charge is 0.387 e. The summed E-state index contributed by atoms with van der Waals surface area (Å²) in [7, 11) is 0. The Morgan fingerprint density at radius 3 is 2.17 bits per heavy atom. The highest BCUT2D eigenvalue weighted by Gasteiger charge is 2.35. The predicted octanol–water partition coefficient (Wildman–Crippen LogP) is 7.69. The molecule has 0 N–H and O–H groups in total. The van der Waals surface area contributed by atoms with Gasteiger partial charge in [0.1, 0.15) is 11.6 Å². The van der Waals surface area contributed by atoms with Crippen LogP contribution in [0.5, 0.6) is 5.75 Å². The molecule has 0 heterocycles. The zero-order valence-corrected chi connectivity index (χ0v) is 16.8. The van der Waals surface area contributed by atoms with Crippen molar-refractivity contribution in [1.82, 2.24) is 0 Å². The van der Waals surface area contributed by atoms with Crippen molar-refractivity contribution in [2.45, 2.75) is 58.0 Å². The van der Waals surface area contributed by atoms with Crippen LogP contribution in [0.1, 0.15) is 56.9 Å². The Hall–Kier alpha value is -2.11. The Bertz CT molecular complexity index is 889. The van der Waals surface area contributed by atoms with Crippen LogP contribution in [-0.2, 0) is 0 Å². The Morgan fingerprint density at radius 1 is 0.833 bits per heavy atom. The second-order valence-electron chi connectivity index (χ2n) is 8.83. The van der Waals surface area contributed by atoms with Gasteiger partial charge in [0.05, 0.1) is 5.56 Å². The second kappa shape index (κ2) is 8.56. The van der Waals surface area contributed by atoms with Crippen LogP contribution in [0.3, 0.4) is 0 Å². The van der Waals surface area contributed by atoms with Crippen molar-refractivity contribution < 1.29 is 26.7 Å². The molecule has 162 valence electrons. The molecule has 2 aliphatic carbocycles. The van der Waals surface area contributed by atoms with Crippen molar-refractivity contribution >= 4 is 0 Å². The summed E-state index contributed by atoms with van der Waals surface area (Å²) in [5.41, 5.74) is 0.228. The molecule has 0 amide bonds. The molecule has 1 nitrogen and oxygen atoms in total. The zero-order chi connectivity index (χ0) is 21.4. The number of halogens is 5. The average molecular weight is 424 g/mol. The van der Waals surface area contributed by atoms with E-state index in [-0.39, 0.29) is 17.0 Å². The summed E-state index contributed by atoms with van der Waals surface area (Å²) in [5.74, 6) is -1.09. The molecule has 30 heavy (non-hydrogen) atoms. The van der Waals surface area contributed by atoms with Gasteiger partial charge in [-0.05, 0) is 91.2 Å². The summed E-state index contributed by atoms with van der Waals surface area (Å²) in [4.78, 5) is 0. The van der Waals surface area contributed by atoms with Crippen LogP contribution in [0.2, 0.25) is 0 Å². The Kier molecular flexibility index (Phi) is 6.03. The van der Waals surface area contributed by atoms with Gasteiger partial charge in [-0.25, -0.2) is 13.2 Å². The molecule has 0 spiro atoms. The quantitative estimate of drug-likeness (QED) is 0.457. The first kappa shape index (κ1) is 21.1. The van der Waals surface area contributed by atoms with E-state index in [9.17, 15) is 22.0 Å². The molecule has 2 aromatic rings. The molecular formula is C24H25F5O. The van der Waals surface area contributed by atoms with E-state index in [2.05, 4.69) is 11.7 Å². The number of hydrogen-bond donors (Lipinski definition) is 0. The fraction of sp³-hybridized carbons (Fsp3) is 0.500. The first-order valence-corrected chi connectivity index (χ1v) is 10.6. The minimum absolute atomic E-state index is 0.0550. The molecule has 0 bridgehead atoms. The molecule has 0 aromatic heterocycles. The molecule has 0 radical (unpaired) electrons. The zero-order valence-electron chi connectivity index (χ0n) is 16.8. The summed E-state index contributed by atoms with van der Waals surface area (Å²) in [6.45, 7) is -0.888. The van der Waals surface area contributed by atoms with Crippen LogP contribution >= 0.6 is 0 Å². The molecule has 0 saturated heterocycles. The molecule has 4 rings (SSSR count). The summed E-state index contributed by atoms with van der Waals surface area (Å²) in [6.07, 6.45) is 6.59. The van der Waals surface area contributed by atoms with E-state index in [0.717, 1.165) is 43.2 Å². The first-order chi connectivity index (χ1) is 14.3. The largest absolute Gasteiger partial charge is 0.432 e. The minimum Gasteiger partial charge on any atom is -0.432 e. The van der Waals surface area contributed by atoms with Crippen molar-refractivity contribution in [1.29, 1.82) is 0 Å². The lowest BCUT2D eigenvalue weighted by molar-refractivity contribution is -0.0521. The fourth-order valence-electron chi connectivity index (χ4n) is 5.38. The normalized spacial score (nSPS) is 26.5. The molecule has 2 saturated carbocycles. The minimum atomic E-state index is -3.18. The predicted molar refractivity (Wildman–Crippen MR) is 105 cm³/mol. The number of benzene rings is 2. The van der Waals surface area contributed by atoms with Gasteiger partial charge in [0.25, 0.3) is 0 Å². The van der Waals surface area contributed by atoms with E-state index in [1.807, 2.05) is 0 Å². The maximum atomic E-state index is 14.9. The van der Waals surface area contributed by atoms with Gasteiger partial charge in [-0.3, -0.25) is 0 Å². The number of ether oxygens (including phenoxy) is 1. The highest BCUT2D eigenvalue weighted by Crippen LogP contribution is 2.48. The third kappa shape index (κ3) is 4.33. The lowest BCUT2D eigenvalue weighted by Gasteiger charge is -2.41. The van der Waals surface area contributed by atoms with Crippen LogP contribution in [0.25, 0.3) is 11.1 Å². The van der Waals surface area contributed by atoms with Crippen molar-refractivity contribution in [3.05, 3.63) is 53.3 Å². The van der Waals surface area contributed by atoms with Crippen molar-refractivity contribution in [2.75, 3.05) is 0 Å². The molecule has 2 fully saturated rings. The van der Waals surface area contributed by atoms with Gasteiger partial charge >= 0.3 is 6.61 Å². The topological polar surface area (TPSA) is 9.23 Å². The van der Waals surface area contributed by atoms with E-state index >= 15 is 0 Å². The van der Waals surface area contributed by atoms with Gasteiger partial charge < -0.3 is 4.74 Å². The van der Waals surface area contributed by atoms with Gasteiger partial charge in [0.2, 0.25) is 0 Å². The summed E-state index contributed by atoms with van der Waals surface area (Å²) in [6, 6.07) is 5.63. The Balaban J connectivity index is 1.56. The van der Waals surface area contributed by atoms with Crippen LogP contribution < -0.4 is 4.74 Å². The first-order valence-electron chi connectivity index (χ1n) is 10.6. The molecule has 1 unspecified atom stereocenters. The average Bonchev–Trinajstić information content (AvgIpc) is 2.68. The third-order valence-electron chi connectivity index (χ3n) is 6.85. The molecule has 2 aliphatic rings. The van der Waals surface area contributed by atoms with Gasteiger partial charge in [-0.1, -0.05) is 19.4 Å². The van der Waals surface area contributed by atoms with Crippen LogP contribution in [0.15, 0.2) is 30.3 Å². The van der Waals surface area contributed by atoms with Crippen LogP contribution in [-0.4, -0.2) is 6.61 Å². The molecule has 0 aliphatic heterocycles. The van der Waals surface area contributed by atoms with Crippen molar-refractivity contribution in [3.8, 4) is 16.9 Å². The summed E-state index contributed by atoms with van der Waals surface area (Å²) >= 11 is 0. The Labute approximate surface area is 173 Å². The van der Waals surface area contributed by atoms with E-state index in [1.54, 1.807) is 0 Å². The van der Waals surface area contributed by atoms with Gasteiger partial charge in [0, 0.05) is 0 Å². The number of rotatable bonds is 4. The van der Waals surface area contributed by atoms with Gasteiger partial charge in [-0.15, -0.1) is 0 Å². The maximum absolute atomic E-state index is 14.9. The van der Waals surface area contributed by atoms with E-state index in [1.165, 1.54) is 37.5 Å². The van der Waals surface area contributed by atoms with Gasteiger partial charge in [0.15, 0.2) is 11.6 Å². The van der Waals surface area contributed by atoms with Crippen LogP contribution in [0, 0.1) is 35.2 Å². The molecule has 4 atom stereocenters. The third-order valence-corrected chi connectivity index (χ3v) is 6.85. The van der Waals surface area contributed by atoms with Crippen molar-refractivity contribution in [2.24, 2.45) is 17.8 Å². The van der Waals surface area contributed by atoms with E-state index in [4.69, 9.17) is 0 Å². The Morgan fingerprint density at radius 2 is 1.50 bits per heavy atom. The number of fused-ring (bicyclic) bond motifs is 1. The molecule has 6 heteroatoms. The summed E-state index contributed by atoms with van der Waals surface area (Å²) in [5, 5.41) is 0. The second-order valence-corrected chi connectivity index (χ2v) is 8.83. The molecular weight excluding hydrogens is 399 g/mol. The monoisotopic (exact) mass is 424 g/mol. The lowest BCUT2D eigenvalue weighted by Crippen LogP contribution is -2.29. The van der Waals surface area contributed by atoms with Gasteiger partial charge in [-0.2, -0.15) is 8.78 Å². The highest BCUT2D eigenvalue weighted by atomic mass is 19.3. The standard InChI is InChI=1S/C24H25F5O/c1-13-2-3-15-9-16(5-4-14(15)8-13)18-11-20(26)23(21(27)12-18)17-6-7-22(19(25)10-17)30-24(28)29/h6-7,10-16,24H,2-5,8-9H2,1H3/t13?,14-,15-,16-/m1/s1. The highest BCUT2D eigenvalue weighted by molar-refractivity contribution is 5.66.